The van der Waals surface area contributed by atoms with Crippen LogP contribution < -0.4 is 5.32 Å². The Balaban J connectivity index is 1.75. The first-order valence-corrected chi connectivity index (χ1v) is 9.69. The van der Waals surface area contributed by atoms with Gasteiger partial charge >= 0.3 is 0 Å². The lowest BCUT2D eigenvalue weighted by atomic mass is 9.93. The number of aromatic nitrogens is 2. The second-order valence-corrected chi connectivity index (χ2v) is 9.20. The molecule has 7 nitrogen and oxygen atoms in total. The molecule has 3 rings (SSSR count). The molecule has 1 atom stereocenters. The molecule has 1 saturated carbocycles. The highest BCUT2D eigenvalue weighted by Gasteiger charge is 2.35. The summed E-state index contributed by atoms with van der Waals surface area (Å²) >= 11 is 0. The monoisotopic (exact) mass is 340 g/mol. The van der Waals surface area contributed by atoms with Crippen LogP contribution in [-0.2, 0) is 21.4 Å². The number of carbonyl (C=O) groups excluding carboxylic acids is 1. The maximum Gasteiger partial charge on any atom is 0.222 e. The van der Waals surface area contributed by atoms with Gasteiger partial charge in [-0.15, -0.1) is 0 Å². The molecular formula is C15H24N4O3S. The average molecular weight is 340 g/mol. The van der Waals surface area contributed by atoms with Crippen molar-refractivity contribution >= 4 is 15.9 Å². The molecule has 0 bridgehead atoms. The van der Waals surface area contributed by atoms with Gasteiger partial charge in [-0.1, -0.05) is 0 Å². The van der Waals surface area contributed by atoms with Crippen molar-refractivity contribution in [1.82, 2.24) is 19.4 Å². The molecule has 2 aliphatic rings. The number of rotatable bonds is 5. The number of hydrogen-bond acceptors (Lipinski definition) is 4. The van der Waals surface area contributed by atoms with E-state index in [9.17, 15) is 13.2 Å². The number of hydrogen-bond donors (Lipinski definition) is 1. The molecule has 2 heterocycles. The third-order valence-electron chi connectivity index (χ3n) is 4.70. The first-order valence-electron chi connectivity index (χ1n) is 8.18. The molecule has 1 aromatic heterocycles. The summed E-state index contributed by atoms with van der Waals surface area (Å²) < 4.78 is 28.2. The lowest BCUT2D eigenvalue weighted by Gasteiger charge is -2.34. The number of carbonyl (C=O) groups is 1. The molecule has 1 aliphatic heterocycles. The minimum atomic E-state index is -3.35. The van der Waals surface area contributed by atoms with Gasteiger partial charge in [-0.2, -0.15) is 9.40 Å². The minimum Gasteiger partial charge on any atom is -0.353 e. The van der Waals surface area contributed by atoms with Crippen molar-refractivity contribution in [3.05, 3.63) is 18.0 Å². The van der Waals surface area contributed by atoms with Gasteiger partial charge in [0.15, 0.2) is 0 Å². The zero-order chi connectivity index (χ0) is 16.6. The summed E-state index contributed by atoms with van der Waals surface area (Å²) in [5, 5.41) is 6.83. The number of fused-ring (bicyclic) bond motifs is 1. The van der Waals surface area contributed by atoms with Crippen molar-refractivity contribution in [3.8, 4) is 0 Å². The maximum atomic E-state index is 12.5. The summed E-state index contributed by atoms with van der Waals surface area (Å²) in [7, 11) is -3.35. The first kappa shape index (κ1) is 16.4. The Bertz CT molecular complexity index is 679. The van der Waals surface area contributed by atoms with Crippen molar-refractivity contribution in [2.75, 3.05) is 6.54 Å². The normalized spacial score (nSPS) is 22.7. The van der Waals surface area contributed by atoms with Crippen molar-refractivity contribution in [2.45, 2.75) is 63.4 Å². The summed E-state index contributed by atoms with van der Waals surface area (Å²) in [5.74, 6) is -0.0232. The maximum absolute atomic E-state index is 12.5. The molecule has 1 amide bonds. The fourth-order valence-electron chi connectivity index (χ4n) is 3.05. The van der Waals surface area contributed by atoms with Crippen LogP contribution in [-0.4, -0.2) is 46.2 Å². The largest absolute Gasteiger partial charge is 0.353 e. The van der Waals surface area contributed by atoms with Crippen LogP contribution >= 0.6 is 0 Å². The summed E-state index contributed by atoms with van der Waals surface area (Å²) in [6.07, 6.45) is 5.17. The highest BCUT2D eigenvalue weighted by Crippen LogP contribution is 2.27. The summed E-state index contributed by atoms with van der Waals surface area (Å²) in [6.45, 7) is 3.98. The Kier molecular flexibility index (Phi) is 4.46. The molecule has 1 unspecified atom stereocenters. The van der Waals surface area contributed by atoms with Gasteiger partial charge in [0.1, 0.15) is 0 Å². The van der Waals surface area contributed by atoms with Crippen LogP contribution in [0.1, 0.15) is 51.3 Å². The van der Waals surface area contributed by atoms with E-state index in [4.69, 9.17) is 0 Å². The van der Waals surface area contributed by atoms with Gasteiger partial charge in [-0.25, -0.2) is 8.42 Å². The predicted octanol–water partition coefficient (Wildman–Crippen LogP) is 1.04. The van der Waals surface area contributed by atoms with Gasteiger partial charge in [0.25, 0.3) is 0 Å². The average Bonchev–Trinajstić information content (AvgIpc) is 2.91. The van der Waals surface area contributed by atoms with Gasteiger partial charge in [0, 0.05) is 18.8 Å². The molecule has 1 fully saturated rings. The fourth-order valence-corrected chi connectivity index (χ4v) is 4.34. The molecule has 0 radical (unpaired) electrons. The quantitative estimate of drug-likeness (QED) is 0.868. The summed E-state index contributed by atoms with van der Waals surface area (Å²) in [4.78, 5) is 12.2. The molecule has 1 aliphatic carbocycles. The number of sulfonamides is 1. The highest BCUT2D eigenvalue weighted by atomic mass is 32.2. The van der Waals surface area contributed by atoms with Crippen LogP contribution in [0, 0.1) is 0 Å². The van der Waals surface area contributed by atoms with Crippen molar-refractivity contribution in [3.63, 3.8) is 0 Å². The van der Waals surface area contributed by atoms with Crippen LogP contribution in [0.2, 0.25) is 0 Å². The second-order valence-electron chi connectivity index (χ2n) is 6.71. The van der Waals surface area contributed by atoms with E-state index in [0.29, 0.717) is 19.1 Å². The molecule has 128 valence electrons. The molecule has 0 saturated heterocycles. The van der Waals surface area contributed by atoms with Crippen LogP contribution in [0.3, 0.4) is 0 Å². The Morgan fingerprint density at radius 2 is 2.17 bits per heavy atom. The molecule has 1 N–H and O–H groups in total. The predicted molar refractivity (Wildman–Crippen MR) is 86.1 cm³/mol. The zero-order valence-corrected chi connectivity index (χ0v) is 14.4. The van der Waals surface area contributed by atoms with Crippen molar-refractivity contribution < 1.29 is 13.2 Å². The van der Waals surface area contributed by atoms with E-state index < -0.39 is 15.3 Å². The standard InChI is InChI=1S/C15H24N4O3S/c1-11(2)23(21,22)18-9-13-6-7-16-19(13)14(10-18)8-15(20)17-12-4-3-5-12/h6-7,11-12,14H,3-5,8-10H2,1-2H3,(H,17,20). The number of nitrogens with zero attached hydrogens (tertiary/aromatic N) is 3. The highest BCUT2D eigenvalue weighted by molar-refractivity contribution is 7.89. The van der Waals surface area contributed by atoms with E-state index >= 15 is 0 Å². The van der Waals surface area contributed by atoms with Crippen LogP contribution in [0.5, 0.6) is 0 Å². The number of amides is 1. The Hall–Kier alpha value is -1.41. The van der Waals surface area contributed by atoms with E-state index in [-0.39, 0.29) is 18.4 Å². The first-order chi connectivity index (χ1) is 10.9. The molecule has 8 heteroatoms. The van der Waals surface area contributed by atoms with Gasteiger partial charge < -0.3 is 5.32 Å². The third-order valence-corrected chi connectivity index (χ3v) is 6.89. The van der Waals surface area contributed by atoms with E-state index in [0.717, 1.165) is 25.0 Å². The number of nitrogens with one attached hydrogen (secondary N) is 1. The fraction of sp³-hybridized carbons (Fsp3) is 0.733. The minimum absolute atomic E-state index is 0.0232. The van der Waals surface area contributed by atoms with Crippen LogP contribution in [0.25, 0.3) is 0 Å². The van der Waals surface area contributed by atoms with Gasteiger partial charge in [-0.3, -0.25) is 9.48 Å². The third kappa shape index (κ3) is 3.28. The Morgan fingerprint density at radius 3 is 2.78 bits per heavy atom. The van der Waals surface area contributed by atoms with E-state index in [1.54, 1.807) is 24.7 Å². The Morgan fingerprint density at radius 1 is 1.43 bits per heavy atom. The summed E-state index contributed by atoms with van der Waals surface area (Å²) in [5.41, 5.74) is 0.835. The second kappa shape index (κ2) is 6.24. The molecule has 23 heavy (non-hydrogen) atoms. The van der Waals surface area contributed by atoms with Gasteiger partial charge in [0.05, 0.1) is 30.0 Å². The zero-order valence-electron chi connectivity index (χ0n) is 13.6. The lowest BCUT2D eigenvalue weighted by molar-refractivity contribution is -0.123. The molecule has 1 aromatic rings. The van der Waals surface area contributed by atoms with Crippen molar-refractivity contribution in [1.29, 1.82) is 0 Å². The van der Waals surface area contributed by atoms with Gasteiger partial charge in [-0.05, 0) is 39.2 Å². The molecular weight excluding hydrogens is 316 g/mol. The van der Waals surface area contributed by atoms with Gasteiger partial charge in [0.2, 0.25) is 15.9 Å². The van der Waals surface area contributed by atoms with Crippen molar-refractivity contribution in [2.24, 2.45) is 0 Å². The van der Waals surface area contributed by atoms with Crippen LogP contribution in [0.15, 0.2) is 12.3 Å². The van der Waals surface area contributed by atoms with E-state index in [1.807, 2.05) is 6.07 Å². The topological polar surface area (TPSA) is 84.3 Å². The molecule has 0 spiro atoms. The Labute approximate surface area is 137 Å². The smallest absolute Gasteiger partial charge is 0.222 e. The SMILES string of the molecule is CC(C)S(=O)(=O)N1Cc2ccnn2C(CC(=O)NC2CCC2)C1. The summed E-state index contributed by atoms with van der Waals surface area (Å²) in [6, 6.07) is 1.86. The molecule has 0 aromatic carbocycles. The van der Waals surface area contributed by atoms with Crippen LogP contribution in [0.4, 0.5) is 0 Å². The van der Waals surface area contributed by atoms with E-state index in [2.05, 4.69) is 10.4 Å². The van der Waals surface area contributed by atoms with E-state index in [1.165, 1.54) is 4.31 Å². The lowest BCUT2D eigenvalue weighted by Crippen LogP contribution is -2.46.